The summed E-state index contributed by atoms with van der Waals surface area (Å²) in [6.45, 7) is 3.53. The lowest BCUT2D eigenvalue weighted by Gasteiger charge is -2.22. The number of aryl methyl sites for hydroxylation is 1. The molecule has 0 bridgehead atoms. The van der Waals surface area contributed by atoms with E-state index < -0.39 is 15.8 Å². The fourth-order valence-corrected chi connectivity index (χ4v) is 3.78. The van der Waals surface area contributed by atoms with Gasteiger partial charge in [-0.05, 0) is 32.0 Å². The Hall–Kier alpha value is -1.86. The van der Waals surface area contributed by atoms with E-state index in [1.807, 2.05) is 0 Å². The Morgan fingerprint density at radius 2 is 2.05 bits per heavy atom. The quantitative estimate of drug-likeness (QED) is 0.919. The molecule has 5 nitrogen and oxygen atoms in total. The first kappa shape index (κ1) is 15.5. The Labute approximate surface area is 123 Å². The molecule has 0 aliphatic heterocycles. The molecule has 21 heavy (non-hydrogen) atoms. The van der Waals surface area contributed by atoms with Crippen LogP contribution < -0.4 is 10.0 Å². The fraction of sp³-hybridized carbons (Fsp3) is 0.286. The van der Waals surface area contributed by atoms with Crippen molar-refractivity contribution < 1.29 is 17.2 Å². The summed E-state index contributed by atoms with van der Waals surface area (Å²) in [6, 6.07) is 6.87. The van der Waals surface area contributed by atoms with Gasteiger partial charge in [-0.25, -0.2) is 12.8 Å². The second-order valence-corrected chi connectivity index (χ2v) is 6.32. The lowest BCUT2D eigenvalue weighted by molar-refractivity contribution is 0.479. The van der Waals surface area contributed by atoms with Crippen molar-refractivity contribution in [3.63, 3.8) is 0 Å². The summed E-state index contributed by atoms with van der Waals surface area (Å²) >= 11 is 0. The van der Waals surface area contributed by atoms with Gasteiger partial charge in [0.15, 0.2) is 0 Å². The van der Waals surface area contributed by atoms with Crippen LogP contribution in [0.2, 0.25) is 0 Å². The number of halogens is 1. The zero-order chi connectivity index (χ0) is 15.6. The third kappa shape index (κ3) is 2.93. The van der Waals surface area contributed by atoms with Crippen molar-refractivity contribution in [3.8, 4) is 0 Å². The van der Waals surface area contributed by atoms with Gasteiger partial charge in [0.05, 0.1) is 12.2 Å². The largest absolute Gasteiger partial charge is 0.464 e. The van der Waals surface area contributed by atoms with Crippen LogP contribution >= 0.6 is 0 Å². The molecule has 0 fully saturated rings. The first-order valence-electron chi connectivity index (χ1n) is 6.47. The second kappa shape index (κ2) is 5.87. The molecular weight excluding hydrogens is 295 g/mol. The van der Waals surface area contributed by atoms with Gasteiger partial charge in [-0.15, -0.1) is 0 Å². The van der Waals surface area contributed by atoms with Crippen molar-refractivity contribution in [1.82, 2.24) is 0 Å². The van der Waals surface area contributed by atoms with Gasteiger partial charge in [0.25, 0.3) is 10.0 Å². The van der Waals surface area contributed by atoms with E-state index >= 15 is 0 Å². The molecule has 0 saturated carbocycles. The number of sulfonamides is 1. The predicted octanol–water partition coefficient (Wildman–Crippen LogP) is 2.40. The molecule has 0 saturated heterocycles. The third-order valence-corrected chi connectivity index (χ3v) is 5.09. The van der Waals surface area contributed by atoms with Gasteiger partial charge < -0.3 is 10.2 Å². The summed E-state index contributed by atoms with van der Waals surface area (Å²) < 4.78 is 45.2. The van der Waals surface area contributed by atoms with E-state index in [0.717, 1.165) is 4.31 Å². The molecule has 114 valence electrons. The third-order valence-electron chi connectivity index (χ3n) is 3.08. The van der Waals surface area contributed by atoms with Crippen molar-refractivity contribution in [2.75, 3.05) is 10.8 Å². The molecule has 0 atom stereocenters. The fourth-order valence-electron chi connectivity index (χ4n) is 2.12. The number of furan rings is 1. The molecule has 1 aromatic heterocycles. The van der Waals surface area contributed by atoms with Crippen molar-refractivity contribution in [2.45, 2.75) is 25.3 Å². The smallest absolute Gasteiger partial charge is 0.267 e. The van der Waals surface area contributed by atoms with E-state index in [2.05, 4.69) is 0 Å². The molecule has 0 aliphatic carbocycles. The molecule has 0 spiro atoms. The highest BCUT2D eigenvalue weighted by atomic mass is 32.2. The zero-order valence-corrected chi connectivity index (χ0v) is 12.7. The van der Waals surface area contributed by atoms with Crippen molar-refractivity contribution in [2.24, 2.45) is 5.73 Å². The van der Waals surface area contributed by atoms with Gasteiger partial charge in [-0.3, -0.25) is 4.31 Å². The molecule has 7 heteroatoms. The Morgan fingerprint density at radius 1 is 1.33 bits per heavy atom. The van der Waals surface area contributed by atoms with E-state index in [9.17, 15) is 12.8 Å². The molecular formula is C14H17FN2O3S. The topological polar surface area (TPSA) is 76.5 Å². The predicted molar refractivity (Wildman–Crippen MR) is 77.9 cm³/mol. The van der Waals surface area contributed by atoms with Crippen LogP contribution in [0.5, 0.6) is 0 Å². The Kier molecular flexibility index (Phi) is 4.34. The van der Waals surface area contributed by atoms with Crippen LogP contribution in [0.25, 0.3) is 0 Å². The molecule has 1 aromatic carbocycles. The maximum absolute atomic E-state index is 13.3. The molecule has 2 rings (SSSR count). The minimum atomic E-state index is -3.82. The van der Waals surface area contributed by atoms with Gasteiger partial charge in [0.2, 0.25) is 0 Å². The lowest BCUT2D eigenvalue weighted by Crippen LogP contribution is -2.31. The van der Waals surface area contributed by atoms with Crippen molar-refractivity contribution in [3.05, 3.63) is 47.7 Å². The van der Waals surface area contributed by atoms with Crippen LogP contribution in [0.15, 0.2) is 39.6 Å². The number of anilines is 1. The first-order chi connectivity index (χ1) is 9.90. The van der Waals surface area contributed by atoms with Gasteiger partial charge in [-0.2, -0.15) is 0 Å². The zero-order valence-electron chi connectivity index (χ0n) is 11.8. The normalized spacial score (nSPS) is 11.6. The second-order valence-electron chi connectivity index (χ2n) is 4.49. The van der Waals surface area contributed by atoms with Gasteiger partial charge in [-0.1, -0.05) is 6.07 Å². The number of hydrogen-bond acceptors (Lipinski definition) is 4. The minimum Gasteiger partial charge on any atom is -0.464 e. The number of hydrogen-bond donors (Lipinski definition) is 1. The number of nitrogens with two attached hydrogens (primary N) is 1. The van der Waals surface area contributed by atoms with Gasteiger partial charge in [0.1, 0.15) is 22.2 Å². The summed E-state index contributed by atoms with van der Waals surface area (Å²) in [5.74, 6) is 0.166. The summed E-state index contributed by atoms with van der Waals surface area (Å²) in [7, 11) is -3.82. The van der Waals surface area contributed by atoms with Crippen LogP contribution in [0.1, 0.15) is 18.4 Å². The molecule has 0 amide bonds. The molecule has 1 heterocycles. The minimum absolute atomic E-state index is 0.0501. The van der Waals surface area contributed by atoms with E-state index in [1.54, 1.807) is 19.9 Å². The van der Waals surface area contributed by atoms with Gasteiger partial charge in [0, 0.05) is 12.6 Å². The molecule has 0 aliphatic rings. The number of benzene rings is 1. The summed E-state index contributed by atoms with van der Waals surface area (Å²) in [5, 5.41) is 0. The van der Waals surface area contributed by atoms with Crippen LogP contribution in [0.3, 0.4) is 0 Å². The monoisotopic (exact) mass is 312 g/mol. The average Bonchev–Trinajstić information content (AvgIpc) is 2.81. The summed E-state index contributed by atoms with van der Waals surface area (Å²) in [6.07, 6.45) is 0. The average molecular weight is 312 g/mol. The first-order valence-corrected chi connectivity index (χ1v) is 7.91. The lowest BCUT2D eigenvalue weighted by atomic mass is 10.3. The molecule has 2 aromatic rings. The summed E-state index contributed by atoms with van der Waals surface area (Å²) in [4.78, 5) is 0.0501. The van der Waals surface area contributed by atoms with E-state index in [-0.39, 0.29) is 29.4 Å². The molecule has 0 radical (unpaired) electrons. The maximum atomic E-state index is 13.3. The highest BCUT2D eigenvalue weighted by Crippen LogP contribution is 2.28. The molecule has 2 N–H and O–H groups in total. The van der Waals surface area contributed by atoms with Gasteiger partial charge >= 0.3 is 0 Å². The highest BCUT2D eigenvalue weighted by Gasteiger charge is 2.28. The van der Waals surface area contributed by atoms with Crippen LogP contribution in [0.4, 0.5) is 10.1 Å². The van der Waals surface area contributed by atoms with E-state index in [0.29, 0.717) is 5.76 Å². The highest BCUT2D eigenvalue weighted by molar-refractivity contribution is 7.92. The molecule has 0 unspecified atom stereocenters. The van der Waals surface area contributed by atoms with E-state index in [1.165, 1.54) is 24.3 Å². The standard InChI is InChI=1S/C14H17FN2O3S/c1-3-17(12-6-4-5-11(15)7-12)21(18,19)14-8-13(9-16)20-10(14)2/h4-8H,3,9,16H2,1-2H3. The SMILES string of the molecule is CCN(c1cccc(F)c1)S(=O)(=O)c1cc(CN)oc1C. The van der Waals surface area contributed by atoms with E-state index in [4.69, 9.17) is 10.2 Å². The van der Waals surface area contributed by atoms with Crippen LogP contribution in [0, 0.1) is 12.7 Å². The Balaban J connectivity index is 2.51. The maximum Gasteiger partial charge on any atom is 0.267 e. The van der Waals surface area contributed by atoms with Crippen molar-refractivity contribution >= 4 is 15.7 Å². The number of rotatable bonds is 5. The van der Waals surface area contributed by atoms with Crippen LogP contribution in [-0.4, -0.2) is 15.0 Å². The van der Waals surface area contributed by atoms with Crippen molar-refractivity contribution in [1.29, 1.82) is 0 Å². The Morgan fingerprint density at radius 3 is 2.57 bits per heavy atom. The van der Waals surface area contributed by atoms with Crippen LogP contribution in [-0.2, 0) is 16.6 Å². The Bertz CT molecular complexity index is 740. The summed E-state index contributed by atoms with van der Waals surface area (Å²) in [5.41, 5.74) is 5.73. The number of nitrogens with zero attached hydrogens (tertiary/aromatic N) is 1.